The second-order valence-corrected chi connectivity index (χ2v) is 8.43. The molecule has 23 heavy (non-hydrogen) atoms. The van der Waals surface area contributed by atoms with Gasteiger partial charge in [-0.15, -0.1) is 0 Å². The molecule has 0 aliphatic carbocycles. The fraction of sp³-hybridized carbons (Fsp3) is 0.529. The first kappa shape index (κ1) is 16.2. The summed E-state index contributed by atoms with van der Waals surface area (Å²) in [5.74, 6) is 2.10. The molecule has 1 aliphatic rings. The van der Waals surface area contributed by atoms with Crippen LogP contribution in [-0.2, 0) is 6.54 Å². The molecule has 0 radical (unpaired) electrons. The number of aliphatic imine (C=N–C) groups is 1. The van der Waals surface area contributed by atoms with E-state index in [1.54, 1.807) is 0 Å². The Kier molecular flexibility index (Phi) is 4.53. The van der Waals surface area contributed by atoms with Crippen molar-refractivity contribution in [2.75, 3.05) is 25.9 Å². The predicted molar refractivity (Wildman–Crippen MR) is 98.2 cm³/mol. The van der Waals surface area contributed by atoms with Gasteiger partial charge in [0.1, 0.15) is 5.65 Å². The summed E-state index contributed by atoms with van der Waals surface area (Å²) in [5.41, 5.74) is 3.25. The van der Waals surface area contributed by atoms with Crippen LogP contribution in [0.3, 0.4) is 0 Å². The monoisotopic (exact) mass is 331 g/mol. The van der Waals surface area contributed by atoms with E-state index in [4.69, 9.17) is 0 Å². The van der Waals surface area contributed by atoms with Crippen LogP contribution in [0.1, 0.15) is 25.1 Å². The van der Waals surface area contributed by atoms with Gasteiger partial charge in [0.15, 0.2) is 5.96 Å². The molecule has 0 atom stereocenters. The van der Waals surface area contributed by atoms with Crippen molar-refractivity contribution in [1.29, 1.82) is 0 Å². The van der Waals surface area contributed by atoms with E-state index in [1.165, 1.54) is 5.56 Å². The summed E-state index contributed by atoms with van der Waals surface area (Å²) in [6.07, 6.45) is 4.13. The van der Waals surface area contributed by atoms with Gasteiger partial charge in [-0.3, -0.25) is 4.99 Å². The molecule has 5 nitrogen and oxygen atoms in total. The Morgan fingerprint density at radius 1 is 1.48 bits per heavy atom. The topological polar surface area (TPSA) is 44.9 Å². The minimum Gasteiger partial charge on any atom is -0.351 e. The zero-order chi connectivity index (χ0) is 16.4. The van der Waals surface area contributed by atoms with Crippen LogP contribution >= 0.6 is 11.8 Å². The first-order valence-corrected chi connectivity index (χ1v) is 8.99. The molecule has 0 unspecified atom stereocenters. The number of nitrogens with one attached hydrogen (secondary N) is 1. The van der Waals surface area contributed by atoms with Crippen LogP contribution < -0.4 is 5.32 Å². The Labute approximate surface area is 142 Å². The molecular weight excluding hydrogens is 306 g/mol. The Morgan fingerprint density at radius 2 is 2.30 bits per heavy atom. The molecule has 0 amide bonds. The fourth-order valence-electron chi connectivity index (χ4n) is 2.92. The molecule has 0 bridgehead atoms. The molecule has 3 rings (SSSR count). The third kappa shape index (κ3) is 3.80. The Morgan fingerprint density at radius 3 is 3.04 bits per heavy atom. The molecule has 2 aromatic rings. The van der Waals surface area contributed by atoms with E-state index in [-0.39, 0.29) is 4.75 Å². The van der Waals surface area contributed by atoms with Crippen LogP contribution in [-0.4, -0.2) is 50.9 Å². The van der Waals surface area contributed by atoms with Crippen LogP contribution in [0.5, 0.6) is 0 Å². The van der Waals surface area contributed by atoms with Crippen LogP contribution in [0.15, 0.2) is 29.5 Å². The maximum atomic E-state index is 4.68. The molecule has 0 saturated carbocycles. The van der Waals surface area contributed by atoms with Gasteiger partial charge in [0.2, 0.25) is 0 Å². The first-order chi connectivity index (χ1) is 11.0. The maximum Gasteiger partial charge on any atom is 0.194 e. The lowest BCUT2D eigenvalue weighted by atomic mass is 10.2. The van der Waals surface area contributed by atoms with Gasteiger partial charge in [-0.25, -0.2) is 4.98 Å². The Bertz CT molecular complexity index is 719. The zero-order valence-electron chi connectivity index (χ0n) is 14.3. The van der Waals surface area contributed by atoms with E-state index >= 15 is 0 Å². The molecule has 1 N–H and O–H groups in total. The Balaban J connectivity index is 1.67. The van der Waals surface area contributed by atoms with Gasteiger partial charge < -0.3 is 14.6 Å². The molecule has 2 aromatic heterocycles. The molecule has 1 saturated heterocycles. The van der Waals surface area contributed by atoms with Crippen LogP contribution in [0.25, 0.3) is 5.65 Å². The van der Waals surface area contributed by atoms with Crippen LogP contribution in [0.4, 0.5) is 0 Å². The van der Waals surface area contributed by atoms with Crippen molar-refractivity contribution in [3.63, 3.8) is 0 Å². The molecule has 1 fully saturated rings. The molecule has 1 aliphatic heterocycles. The predicted octanol–water partition coefficient (Wildman–Crippen LogP) is 2.55. The summed E-state index contributed by atoms with van der Waals surface area (Å²) in [7, 11) is 1.85. The number of aromatic nitrogens is 2. The summed E-state index contributed by atoms with van der Waals surface area (Å²) in [6, 6.07) is 4.20. The third-order valence-electron chi connectivity index (χ3n) is 4.03. The van der Waals surface area contributed by atoms with Crippen molar-refractivity contribution in [2.24, 2.45) is 4.99 Å². The first-order valence-electron chi connectivity index (χ1n) is 8.01. The highest BCUT2D eigenvalue weighted by atomic mass is 32.2. The summed E-state index contributed by atoms with van der Waals surface area (Å²) in [5, 5.41) is 3.46. The van der Waals surface area contributed by atoms with Crippen LogP contribution in [0.2, 0.25) is 0 Å². The van der Waals surface area contributed by atoms with Crippen molar-refractivity contribution in [1.82, 2.24) is 19.6 Å². The van der Waals surface area contributed by atoms with Gasteiger partial charge in [0, 0.05) is 43.0 Å². The van der Waals surface area contributed by atoms with E-state index in [0.717, 1.165) is 36.1 Å². The third-order valence-corrected chi connectivity index (χ3v) is 5.33. The maximum absolute atomic E-state index is 4.68. The summed E-state index contributed by atoms with van der Waals surface area (Å²) in [4.78, 5) is 11.5. The minimum absolute atomic E-state index is 0.274. The SMILES string of the molecule is CN=C(NCc1cn2ccc(C)cc2n1)N1CCSC(C)(C)C1. The summed E-state index contributed by atoms with van der Waals surface area (Å²) >= 11 is 2.03. The van der Waals surface area contributed by atoms with E-state index in [0.29, 0.717) is 6.54 Å². The number of rotatable bonds is 2. The number of imidazole rings is 1. The molecular formula is C17H25N5S. The number of pyridine rings is 1. The summed E-state index contributed by atoms with van der Waals surface area (Å²) in [6.45, 7) is 9.42. The van der Waals surface area contributed by atoms with Crippen molar-refractivity contribution in [3.05, 3.63) is 35.8 Å². The number of thioether (sulfide) groups is 1. The molecule has 0 aromatic carbocycles. The van der Waals surface area contributed by atoms with Gasteiger partial charge in [0.25, 0.3) is 0 Å². The highest BCUT2D eigenvalue weighted by Gasteiger charge is 2.28. The largest absolute Gasteiger partial charge is 0.351 e. The lowest BCUT2D eigenvalue weighted by molar-refractivity contribution is 0.375. The van der Waals surface area contributed by atoms with Crippen molar-refractivity contribution < 1.29 is 0 Å². The molecule has 3 heterocycles. The number of hydrogen-bond donors (Lipinski definition) is 1. The van der Waals surface area contributed by atoms with E-state index < -0.39 is 0 Å². The highest BCUT2D eigenvalue weighted by molar-refractivity contribution is 8.00. The fourth-order valence-corrected chi connectivity index (χ4v) is 4.03. The lowest BCUT2D eigenvalue weighted by Gasteiger charge is -2.39. The number of aryl methyl sites for hydroxylation is 1. The number of nitrogens with zero attached hydrogens (tertiary/aromatic N) is 4. The van der Waals surface area contributed by atoms with E-state index in [2.05, 4.69) is 69.9 Å². The number of guanidine groups is 1. The molecule has 6 heteroatoms. The number of fused-ring (bicyclic) bond motifs is 1. The van der Waals surface area contributed by atoms with Gasteiger partial charge in [0.05, 0.1) is 12.2 Å². The van der Waals surface area contributed by atoms with Crippen LogP contribution in [0, 0.1) is 6.92 Å². The molecule has 0 spiro atoms. The van der Waals surface area contributed by atoms with E-state index in [1.807, 2.05) is 18.8 Å². The van der Waals surface area contributed by atoms with Gasteiger partial charge in [-0.2, -0.15) is 11.8 Å². The van der Waals surface area contributed by atoms with E-state index in [9.17, 15) is 0 Å². The lowest BCUT2D eigenvalue weighted by Crippen LogP contribution is -2.50. The number of hydrogen-bond acceptors (Lipinski definition) is 3. The standard InChI is InChI=1S/C17H25N5S/c1-13-5-6-21-11-14(20-15(21)9-13)10-19-16(18-4)22-7-8-23-17(2,3)12-22/h5-6,9,11H,7-8,10,12H2,1-4H3,(H,18,19). The average Bonchev–Trinajstić information content (AvgIpc) is 2.89. The van der Waals surface area contributed by atoms with Gasteiger partial charge in [-0.1, -0.05) is 0 Å². The summed E-state index contributed by atoms with van der Waals surface area (Å²) < 4.78 is 2.34. The highest BCUT2D eigenvalue weighted by Crippen LogP contribution is 2.29. The van der Waals surface area contributed by atoms with Crippen molar-refractivity contribution >= 4 is 23.4 Å². The van der Waals surface area contributed by atoms with Gasteiger partial charge >= 0.3 is 0 Å². The normalized spacial score (nSPS) is 18.4. The zero-order valence-corrected chi connectivity index (χ0v) is 15.2. The average molecular weight is 331 g/mol. The second-order valence-electron chi connectivity index (χ2n) is 6.63. The second kappa shape index (κ2) is 6.43. The van der Waals surface area contributed by atoms with Gasteiger partial charge in [-0.05, 0) is 38.5 Å². The smallest absolute Gasteiger partial charge is 0.194 e. The van der Waals surface area contributed by atoms with Crippen molar-refractivity contribution in [2.45, 2.75) is 32.1 Å². The Hall–Kier alpha value is -1.69. The van der Waals surface area contributed by atoms with Crippen molar-refractivity contribution in [3.8, 4) is 0 Å². The molecule has 124 valence electrons. The minimum atomic E-state index is 0.274. The quantitative estimate of drug-likeness (QED) is 0.678.